The van der Waals surface area contributed by atoms with E-state index in [1.807, 2.05) is 24.3 Å². The maximum absolute atomic E-state index is 13.7. The summed E-state index contributed by atoms with van der Waals surface area (Å²) < 4.78 is 19.9. The van der Waals surface area contributed by atoms with Gasteiger partial charge in [-0.25, -0.2) is 9.37 Å². The molecule has 4 rings (SSSR count). The van der Waals surface area contributed by atoms with Gasteiger partial charge in [0.25, 0.3) is 5.91 Å². The number of fused-ring (bicyclic) bond motifs is 1. The molecule has 0 radical (unpaired) electrons. The third kappa shape index (κ3) is 6.29. The molecule has 0 atom stereocenters. The smallest absolute Gasteiger partial charge is 0.260 e. The van der Waals surface area contributed by atoms with Crippen LogP contribution in [0, 0.1) is 5.82 Å². The summed E-state index contributed by atoms with van der Waals surface area (Å²) in [5, 5.41) is 0.609. The number of hydrogen-bond acceptors (Lipinski definition) is 5. The van der Waals surface area contributed by atoms with Gasteiger partial charge in [0.1, 0.15) is 5.82 Å². The van der Waals surface area contributed by atoms with E-state index < -0.39 is 0 Å². The Labute approximate surface area is 205 Å². The number of rotatable bonds is 6. The fourth-order valence-electron chi connectivity index (χ4n) is 3.83. The molecule has 0 saturated carbocycles. The number of thiazole rings is 1. The Bertz CT molecular complexity index is 1080. The first-order valence-corrected chi connectivity index (χ1v) is 11.9. The average Bonchev–Trinajstić information content (AvgIpc) is 3.19. The Kier molecular flexibility index (Phi) is 8.45. The van der Waals surface area contributed by atoms with Crippen LogP contribution in [0.25, 0.3) is 10.2 Å². The highest BCUT2D eigenvalue weighted by Gasteiger charge is 2.23. The molecule has 5 nitrogen and oxygen atoms in total. The number of halogens is 2. The van der Waals surface area contributed by atoms with Gasteiger partial charge < -0.3 is 4.74 Å². The maximum Gasteiger partial charge on any atom is 0.260 e. The number of ether oxygens (including phenoxy) is 1. The summed E-state index contributed by atoms with van der Waals surface area (Å²) in [7, 11) is 0. The summed E-state index contributed by atoms with van der Waals surface area (Å²) in [4.78, 5) is 22.3. The van der Waals surface area contributed by atoms with Crippen molar-refractivity contribution in [1.29, 1.82) is 0 Å². The fourth-order valence-corrected chi connectivity index (χ4v) is 4.85. The van der Waals surface area contributed by atoms with Gasteiger partial charge in [0.2, 0.25) is 0 Å². The number of amides is 1. The number of carbonyl (C=O) groups excluding carboxylic acids is 1. The maximum atomic E-state index is 13.7. The van der Waals surface area contributed by atoms with E-state index in [0.717, 1.165) is 44.0 Å². The van der Waals surface area contributed by atoms with Crippen molar-refractivity contribution in [2.45, 2.75) is 32.6 Å². The molecule has 1 aliphatic heterocycles. The highest BCUT2D eigenvalue weighted by molar-refractivity contribution is 7.22. The molecule has 1 aliphatic rings. The quantitative estimate of drug-likeness (QED) is 0.455. The Hall–Kier alpha value is -2.06. The van der Waals surface area contributed by atoms with Gasteiger partial charge in [-0.1, -0.05) is 44.2 Å². The van der Waals surface area contributed by atoms with E-state index in [2.05, 4.69) is 30.7 Å². The van der Waals surface area contributed by atoms with E-state index >= 15 is 0 Å². The van der Waals surface area contributed by atoms with Crippen LogP contribution in [0.3, 0.4) is 0 Å². The summed E-state index contributed by atoms with van der Waals surface area (Å²) in [6, 6.07) is 12.4. The molecular weight excluding hydrogens is 461 g/mol. The lowest BCUT2D eigenvalue weighted by Gasteiger charge is -2.28. The van der Waals surface area contributed by atoms with Crippen molar-refractivity contribution in [1.82, 2.24) is 9.88 Å². The second-order valence-electron chi connectivity index (χ2n) is 9.20. The molecule has 8 heteroatoms. The normalized spacial score (nSPS) is 14.8. The first-order valence-electron chi connectivity index (χ1n) is 11.1. The van der Waals surface area contributed by atoms with Crippen LogP contribution < -0.4 is 4.90 Å². The number of aromatic nitrogens is 1. The third-order valence-electron chi connectivity index (χ3n) is 5.77. The molecule has 3 aromatic rings. The van der Waals surface area contributed by atoms with E-state index in [1.54, 1.807) is 11.0 Å². The highest BCUT2D eigenvalue weighted by Crippen LogP contribution is 2.31. The van der Waals surface area contributed by atoms with Gasteiger partial charge in [0.05, 0.1) is 23.4 Å². The Balaban J connectivity index is 0.00000306. The van der Waals surface area contributed by atoms with Crippen LogP contribution in [-0.4, -0.2) is 55.2 Å². The molecule has 1 fully saturated rings. The average molecular weight is 492 g/mol. The second kappa shape index (κ2) is 10.9. The SMILES string of the molecule is CC(C)(C)c1ccc(C(=O)N(CCCN2CCOCC2)c2nc3ccc(F)cc3s2)cc1.Cl. The van der Waals surface area contributed by atoms with Gasteiger partial charge in [-0.15, -0.1) is 12.4 Å². The van der Waals surface area contributed by atoms with Crippen LogP contribution in [-0.2, 0) is 10.2 Å². The molecule has 2 heterocycles. The van der Waals surface area contributed by atoms with E-state index in [0.29, 0.717) is 22.8 Å². The molecule has 0 unspecified atom stereocenters. The molecule has 0 N–H and O–H groups in total. The minimum Gasteiger partial charge on any atom is -0.379 e. The van der Waals surface area contributed by atoms with Crippen molar-refractivity contribution in [3.05, 3.63) is 59.4 Å². The minimum atomic E-state index is -0.296. The number of benzene rings is 2. The predicted octanol–water partition coefficient (Wildman–Crippen LogP) is 5.52. The molecule has 1 saturated heterocycles. The van der Waals surface area contributed by atoms with Crippen LogP contribution in [0.2, 0.25) is 0 Å². The number of nitrogens with zero attached hydrogens (tertiary/aromatic N) is 3. The van der Waals surface area contributed by atoms with Crippen molar-refractivity contribution < 1.29 is 13.9 Å². The predicted molar refractivity (Wildman–Crippen MR) is 136 cm³/mol. The Morgan fingerprint density at radius 1 is 1.15 bits per heavy atom. The van der Waals surface area contributed by atoms with Crippen molar-refractivity contribution in [2.75, 3.05) is 44.3 Å². The molecule has 2 aromatic carbocycles. The van der Waals surface area contributed by atoms with Crippen LogP contribution >= 0.6 is 23.7 Å². The van der Waals surface area contributed by atoms with Crippen molar-refractivity contribution in [3.63, 3.8) is 0 Å². The largest absolute Gasteiger partial charge is 0.379 e. The summed E-state index contributed by atoms with van der Waals surface area (Å²) in [6.07, 6.45) is 0.829. The molecule has 178 valence electrons. The topological polar surface area (TPSA) is 45.7 Å². The van der Waals surface area contributed by atoms with Crippen molar-refractivity contribution in [3.8, 4) is 0 Å². The number of morpholine rings is 1. The lowest BCUT2D eigenvalue weighted by Crippen LogP contribution is -2.39. The first-order chi connectivity index (χ1) is 15.3. The van der Waals surface area contributed by atoms with E-state index in [9.17, 15) is 9.18 Å². The van der Waals surface area contributed by atoms with E-state index in [4.69, 9.17) is 4.74 Å². The minimum absolute atomic E-state index is 0. The summed E-state index contributed by atoms with van der Waals surface area (Å²) in [6.45, 7) is 11.3. The Morgan fingerprint density at radius 3 is 2.52 bits per heavy atom. The summed E-state index contributed by atoms with van der Waals surface area (Å²) in [5.41, 5.74) is 2.55. The number of anilines is 1. The second-order valence-corrected chi connectivity index (χ2v) is 10.2. The zero-order valence-electron chi connectivity index (χ0n) is 19.3. The monoisotopic (exact) mass is 491 g/mol. The molecule has 33 heavy (non-hydrogen) atoms. The standard InChI is InChI=1S/C25H30FN3O2S.ClH/c1-25(2,3)19-7-5-18(6-8-19)23(30)29(12-4-11-28-13-15-31-16-14-28)24-27-21-10-9-20(26)17-22(21)32-24;/h5-10,17H,4,11-16H2,1-3H3;1H. The summed E-state index contributed by atoms with van der Waals surface area (Å²) >= 11 is 1.36. The van der Waals surface area contributed by atoms with Gasteiger partial charge >= 0.3 is 0 Å². The lowest BCUT2D eigenvalue weighted by molar-refractivity contribution is 0.0376. The van der Waals surface area contributed by atoms with Gasteiger partial charge in [-0.3, -0.25) is 14.6 Å². The van der Waals surface area contributed by atoms with E-state index in [-0.39, 0.29) is 29.5 Å². The molecular formula is C25H31ClFN3O2S. The van der Waals surface area contributed by atoms with Gasteiger partial charge in [-0.05, 0) is 47.7 Å². The lowest BCUT2D eigenvalue weighted by atomic mass is 9.86. The fraction of sp³-hybridized carbons (Fsp3) is 0.440. The van der Waals surface area contributed by atoms with Gasteiger partial charge in [0, 0.05) is 31.7 Å². The number of hydrogen-bond donors (Lipinski definition) is 0. The molecule has 1 aromatic heterocycles. The van der Waals surface area contributed by atoms with Crippen molar-refractivity contribution in [2.24, 2.45) is 0 Å². The van der Waals surface area contributed by atoms with Gasteiger partial charge in [0.15, 0.2) is 5.13 Å². The molecule has 0 aliphatic carbocycles. The van der Waals surface area contributed by atoms with Gasteiger partial charge in [-0.2, -0.15) is 0 Å². The summed E-state index contributed by atoms with van der Waals surface area (Å²) in [5.74, 6) is -0.373. The molecule has 0 bridgehead atoms. The molecule has 1 amide bonds. The zero-order chi connectivity index (χ0) is 22.7. The van der Waals surface area contributed by atoms with Crippen LogP contribution in [0.1, 0.15) is 43.1 Å². The third-order valence-corrected chi connectivity index (χ3v) is 6.81. The first kappa shape index (κ1) is 25.6. The number of carbonyl (C=O) groups is 1. The Morgan fingerprint density at radius 2 is 1.85 bits per heavy atom. The van der Waals surface area contributed by atoms with Crippen LogP contribution in [0.4, 0.5) is 9.52 Å². The van der Waals surface area contributed by atoms with Crippen LogP contribution in [0.15, 0.2) is 42.5 Å². The molecule has 0 spiro atoms. The zero-order valence-corrected chi connectivity index (χ0v) is 21.0. The van der Waals surface area contributed by atoms with Crippen molar-refractivity contribution >= 4 is 45.0 Å². The van der Waals surface area contributed by atoms with Crippen LogP contribution in [0.5, 0.6) is 0 Å². The highest BCUT2D eigenvalue weighted by atomic mass is 35.5. The van der Waals surface area contributed by atoms with E-state index in [1.165, 1.54) is 29.0 Å².